The first-order valence-electron chi connectivity index (χ1n) is 10.6. The van der Waals surface area contributed by atoms with Crippen LogP contribution in [0.4, 0.5) is 0 Å². The molecule has 1 unspecified atom stereocenters. The lowest BCUT2D eigenvalue weighted by Gasteiger charge is -2.31. The molecule has 2 heterocycles. The molecule has 2 fully saturated rings. The van der Waals surface area contributed by atoms with Crippen LogP contribution in [0, 0.1) is 25.7 Å². The molecule has 1 N–H and O–H groups in total. The molecule has 1 aromatic heterocycles. The van der Waals surface area contributed by atoms with Gasteiger partial charge in [0.2, 0.25) is 5.91 Å². The summed E-state index contributed by atoms with van der Waals surface area (Å²) in [7, 11) is -1.84. The van der Waals surface area contributed by atoms with Crippen molar-refractivity contribution >= 4 is 15.9 Å². The summed E-state index contributed by atoms with van der Waals surface area (Å²) in [4.78, 5) is 17.1. The van der Waals surface area contributed by atoms with Crippen molar-refractivity contribution < 1.29 is 13.2 Å². The Kier molecular flexibility index (Phi) is 5.72. The largest absolute Gasteiger partial charge is 0.349 e. The van der Waals surface area contributed by atoms with Crippen molar-refractivity contribution in [1.82, 2.24) is 19.2 Å². The fourth-order valence-corrected chi connectivity index (χ4v) is 5.58. The second-order valence-corrected chi connectivity index (χ2v) is 10.5. The number of hydrogen-bond donors (Lipinski definition) is 1. The zero-order chi connectivity index (χ0) is 21.5. The highest BCUT2D eigenvalue weighted by atomic mass is 32.2. The Morgan fingerprint density at radius 2 is 1.73 bits per heavy atom. The van der Waals surface area contributed by atoms with Crippen LogP contribution < -0.4 is 5.32 Å². The van der Waals surface area contributed by atoms with Gasteiger partial charge in [-0.15, -0.1) is 0 Å². The number of aryl methyl sites for hydroxylation is 3. The van der Waals surface area contributed by atoms with Crippen molar-refractivity contribution in [2.75, 3.05) is 13.1 Å². The van der Waals surface area contributed by atoms with Crippen molar-refractivity contribution in [2.45, 2.75) is 50.6 Å². The Morgan fingerprint density at radius 1 is 1.10 bits per heavy atom. The average molecular weight is 431 g/mol. The lowest BCUT2D eigenvalue weighted by Crippen LogP contribution is -2.44. The Hall–Kier alpha value is -2.19. The predicted octanol–water partition coefficient (Wildman–Crippen LogP) is 2.71. The molecule has 0 bridgehead atoms. The average Bonchev–Trinajstić information content (AvgIpc) is 3.51. The number of carbonyl (C=O) groups excluding carboxylic acids is 1. The number of imidazole rings is 1. The maximum absolute atomic E-state index is 13.0. The summed E-state index contributed by atoms with van der Waals surface area (Å²) in [5.74, 6) is 1.04. The van der Waals surface area contributed by atoms with Crippen LogP contribution in [0.15, 0.2) is 35.5 Å². The third kappa shape index (κ3) is 4.30. The zero-order valence-corrected chi connectivity index (χ0v) is 18.7. The minimum absolute atomic E-state index is 0.0400. The number of amides is 1. The molecule has 162 valence electrons. The number of benzene rings is 1. The van der Waals surface area contributed by atoms with Gasteiger partial charge in [-0.1, -0.05) is 29.8 Å². The Bertz CT molecular complexity index is 998. The van der Waals surface area contributed by atoms with E-state index in [1.807, 2.05) is 0 Å². The molecule has 8 heteroatoms. The van der Waals surface area contributed by atoms with Gasteiger partial charge < -0.3 is 9.88 Å². The molecular weight excluding hydrogens is 400 g/mol. The monoisotopic (exact) mass is 430 g/mol. The van der Waals surface area contributed by atoms with E-state index in [1.54, 1.807) is 24.7 Å². The molecule has 1 saturated carbocycles. The lowest BCUT2D eigenvalue weighted by molar-refractivity contribution is -0.127. The maximum atomic E-state index is 13.0. The van der Waals surface area contributed by atoms with E-state index >= 15 is 0 Å². The minimum atomic E-state index is -3.62. The molecule has 1 amide bonds. The standard InChI is InChI=1S/C22H30N4O3S/c1-15-4-6-17(7-5-15)21(18-8-9-18)24-22(27)19-10-12-26(13-11-19)30(28,29)20-14-25(3)16(2)23-20/h4-7,14,18-19,21H,8-13H2,1-3H3,(H,24,27). The van der Waals surface area contributed by atoms with Crippen LogP contribution in [-0.2, 0) is 21.9 Å². The quantitative estimate of drug-likeness (QED) is 0.764. The van der Waals surface area contributed by atoms with Gasteiger partial charge in [0.05, 0.1) is 6.04 Å². The fourth-order valence-electron chi connectivity index (χ4n) is 4.09. The van der Waals surface area contributed by atoms with Gasteiger partial charge in [0.1, 0.15) is 5.82 Å². The van der Waals surface area contributed by atoms with E-state index in [-0.39, 0.29) is 22.9 Å². The van der Waals surface area contributed by atoms with Crippen LogP contribution in [-0.4, -0.2) is 41.3 Å². The van der Waals surface area contributed by atoms with Gasteiger partial charge in [0, 0.05) is 32.3 Å². The fraction of sp³-hybridized carbons (Fsp3) is 0.545. The molecule has 4 rings (SSSR count). The highest BCUT2D eigenvalue weighted by Gasteiger charge is 2.37. The number of rotatable bonds is 6. The summed E-state index contributed by atoms with van der Waals surface area (Å²) < 4.78 is 28.9. The van der Waals surface area contributed by atoms with Crippen molar-refractivity contribution in [3.8, 4) is 0 Å². The van der Waals surface area contributed by atoms with Gasteiger partial charge in [0.25, 0.3) is 10.0 Å². The molecule has 7 nitrogen and oxygen atoms in total. The van der Waals surface area contributed by atoms with Gasteiger partial charge >= 0.3 is 0 Å². The van der Waals surface area contributed by atoms with Crippen molar-refractivity contribution in [1.29, 1.82) is 0 Å². The van der Waals surface area contributed by atoms with Gasteiger partial charge in [-0.3, -0.25) is 4.79 Å². The number of sulfonamides is 1. The Morgan fingerprint density at radius 3 is 2.27 bits per heavy atom. The van der Waals surface area contributed by atoms with Crippen LogP contribution in [0.1, 0.15) is 48.7 Å². The van der Waals surface area contributed by atoms with Crippen molar-refractivity contribution in [3.63, 3.8) is 0 Å². The summed E-state index contributed by atoms with van der Waals surface area (Å²) in [6.07, 6.45) is 4.88. The van der Waals surface area contributed by atoms with Crippen molar-refractivity contribution in [3.05, 3.63) is 47.4 Å². The summed E-state index contributed by atoms with van der Waals surface area (Å²) in [5, 5.41) is 3.34. The second-order valence-electron chi connectivity index (χ2n) is 8.65. The van der Waals surface area contributed by atoms with Gasteiger partial charge in [-0.25, -0.2) is 13.4 Å². The van der Waals surface area contributed by atoms with Crippen LogP contribution in [0.3, 0.4) is 0 Å². The molecule has 30 heavy (non-hydrogen) atoms. The van der Waals surface area contributed by atoms with Crippen LogP contribution in [0.5, 0.6) is 0 Å². The number of piperidine rings is 1. The SMILES string of the molecule is Cc1ccc(C(NC(=O)C2CCN(S(=O)(=O)c3cn(C)c(C)n3)CC2)C2CC2)cc1. The molecule has 2 aromatic rings. The maximum Gasteiger partial charge on any atom is 0.262 e. The zero-order valence-electron chi connectivity index (χ0n) is 17.8. The highest BCUT2D eigenvalue weighted by molar-refractivity contribution is 7.89. The predicted molar refractivity (Wildman–Crippen MR) is 114 cm³/mol. The van der Waals surface area contributed by atoms with Gasteiger partial charge in [0.15, 0.2) is 5.03 Å². The van der Waals surface area contributed by atoms with E-state index < -0.39 is 10.0 Å². The number of nitrogens with zero attached hydrogens (tertiary/aromatic N) is 3. The molecule has 1 atom stereocenters. The van der Waals surface area contributed by atoms with E-state index in [2.05, 4.69) is 41.5 Å². The summed E-state index contributed by atoms with van der Waals surface area (Å²) >= 11 is 0. The van der Waals surface area contributed by atoms with Gasteiger partial charge in [-0.2, -0.15) is 4.31 Å². The Labute approximate surface area is 178 Å². The summed E-state index contributed by atoms with van der Waals surface area (Å²) in [5.41, 5.74) is 2.36. The molecule has 1 aliphatic heterocycles. The topological polar surface area (TPSA) is 84.3 Å². The third-order valence-electron chi connectivity index (χ3n) is 6.34. The molecule has 2 aliphatic rings. The minimum Gasteiger partial charge on any atom is -0.349 e. The van der Waals surface area contributed by atoms with Crippen LogP contribution in [0.25, 0.3) is 0 Å². The molecule has 0 radical (unpaired) electrons. The van der Waals surface area contributed by atoms with Crippen molar-refractivity contribution in [2.24, 2.45) is 18.9 Å². The van der Waals surface area contributed by atoms with Crippen LogP contribution in [0.2, 0.25) is 0 Å². The number of hydrogen-bond acceptors (Lipinski definition) is 4. The van der Waals surface area contributed by atoms with E-state index in [4.69, 9.17) is 0 Å². The molecule has 1 aromatic carbocycles. The number of aromatic nitrogens is 2. The normalized spacial score (nSPS) is 19.6. The van der Waals surface area contributed by atoms with E-state index in [0.29, 0.717) is 37.7 Å². The van der Waals surface area contributed by atoms with E-state index in [9.17, 15) is 13.2 Å². The first-order chi connectivity index (χ1) is 14.3. The third-order valence-corrected chi connectivity index (χ3v) is 8.11. The smallest absolute Gasteiger partial charge is 0.262 e. The molecule has 1 saturated heterocycles. The first-order valence-corrected chi connectivity index (χ1v) is 12.1. The molecule has 1 aliphatic carbocycles. The first kappa shape index (κ1) is 21.1. The highest BCUT2D eigenvalue weighted by Crippen LogP contribution is 2.41. The summed E-state index contributed by atoms with van der Waals surface area (Å²) in [6.45, 7) is 4.52. The van der Waals surface area contributed by atoms with Crippen LogP contribution >= 0.6 is 0 Å². The van der Waals surface area contributed by atoms with E-state index in [1.165, 1.54) is 9.87 Å². The number of nitrogens with one attached hydrogen (secondary N) is 1. The van der Waals surface area contributed by atoms with E-state index in [0.717, 1.165) is 18.4 Å². The molecular formula is C22H30N4O3S. The summed E-state index contributed by atoms with van der Waals surface area (Å²) in [6, 6.07) is 8.42. The molecule has 0 spiro atoms. The Balaban J connectivity index is 1.38. The number of carbonyl (C=O) groups is 1. The second kappa shape index (κ2) is 8.15. The van der Waals surface area contributed by atoms with Gasteiger partial charge in [-0.05, 0) is 51.0 Å². The lowest BCUT2D eigenvalue weighted by atomic mass is 9.95.